The van der Waals surface area contributed by atoms with E-state index < -0.39 is 40.8 Å². The normalized spacial score (nSPS) is 26.2. The second-order valence-electron chi connectivity index (χ2n) is 11.1. The summed E-state index contributed by atoms with van der Waals surface area (Å²) >= 11 is 1.62. The quantitative estimate of drug-likeness (QED) is 0.299. The summed E-state index contributed by atoms with van der Waals surface area (Å²) in [6.45, 7) is 5.42. The molecule has 4 atom stereocenters. The zero-order chi connectivity index (χ0) is 27.8. The van der Waals surface area contributed by atoms with Gasteiger partial charge in [0.05, 0.1) is 5.41 Å². The maximum atomic E-state index is 14.7. The Morgan fingerprint density at radius 1 is 0.949 bits per heavy atom. The van der Waals surface area contributed by atoms with Crippen molar-refractivity contribution in [3.05, 3.63) is 113 Å². The maximum Gasteiger partial charge on any atom is 0.324 e. The number of benzene rings is 3. The van der Waals surface area contributed by atoms with Crippen molar-refractivity contribution in [2.75, 3.05) is 11.5 Å². The Morgan fingerprint density at radius 3 is 2.18 bits per heavy atom. The van der Waals surface area contributed by atoms with E-state index in [1.54, 1.807) is 42.1 Å². The highest BCUT2D eigenvalue weighted by atomic mass is 32.2. The number of ketones is 1. The number of Topliss-reactive ketones (excluding diaryl/α,β-unsaturated/α-hetero) is 1. The van der Waals surface area contributed by atoms with E-state index in [-0.39, 0.29) is 11.6 Å². The van der Waals surface area contributed by atoms with Crippen LogP contribution in [0.4, 0.5) is 8.78 Å². The molecule has 5 rings (SSSR count). The van der Waals surface area contributed by atoms with E-state index in [9.17, 15) is 18.4 Å². The van der Waals surface area contributed by atoms with Crippen molar-refractivity contribution < 1.29 is 23.1 Å². The molecule has 4 unspecified atom stereocenters. The van der Waals surface area contributed by atoms with Gasteiger partial charge in [0.1, 0.15) is 23.3 Å². The summed E-state index contributed by atoms with van der Waals surface area (Å²) in [5, 5.41) is 3.50. The number of esters is 1. The molecule has 4 nitrogen and oxygen atoms in total. The molecule has 2 aliphatic heterocycles. The van der Waals surface area contributed by atoms with E-state index in [1.807, 2.05) is 51.1 Å². The van der Waals surface area contributed by atoms with Gasteiger partial charge in [0, 0.05) is 29.0 Å². The molecule has 3 aromatic rings. The molecule has 3 aromatic carbocycles. The summed E-state index contributed by atoms with van der Waals surface area (Å²) < 4.78 is 33.4. The molecule has 202 valence electrons. The highest BCUT2D eigenvalue weighted by molar-refractivity contribution is 7.99. The first-order valence-electron chi connectivity index (χ1n) is 13.0. The van der Waals surface area contributed by atoms with Crippen molar-refractivity contribution in [1.29, 1.82) is 0 Å². The Hall–Kier alpha value is -3.29. The van der Waals surface area contributed by atoms with E-state index in [4.69, 9.17) is 4.74 Å². The molecule has 0 aliphatic carbocycles. The van der Waals surface area contributed by atoms with Gasteiger partial charge in [-0.1, -0.05) is 54.6 Å². The number of halogens is 2. The minimum absolute atomic E-state index is 0.0766. The van der Waals surface area contributed by atoms with Gasteiger partial charge in [0.2, 0.25) is 0 Å². The van der Waals surface area contributed by atoms with Gasteiger partial charge in [-0.3, -0.25) is 14.9 Å². The number of carbonyl (C=O) groups excluding carboxylic acids is 2. The minimum atomic E-state index is -1.06. The van der Waals surface area contributed by atoms with Crippen LogP contribution in [0.15, 0.2) is 84.4 Å². The van der Waals surface area contributed by atoms with Crippen LogP contribution in [0, 0.1) is 17.0 Å². The number of thioether (sulfide) groups is 1. The van der Waals surface area contributed by atoms with Crippen molar-refractivity contribution in [3.8, 4) is 0 Å². The Labute approximate surface area is 231 Å². The van der Waals surface area contributed by atoms with Crippen molar-refractivity contribution in [2.24, 2.45) is 5.41 Å². The van der Waals surface area contributed by atoms with Gasteiger partial charge in [-0.05, 0) is 67.8 Å². The molecule has 0 bridgehead atoms. The molecule has 0 amide bonds. The van der Waals surface area contributed by atoms with Crippen molar-refractivity contribution in [2.45, 2.75) is 44.4 Å². The third-order valence-electron chi connectivity index (χ3n) is 7.30. The molecule has 0 saturated carbocycles. The van der Waals surface area contributed by atoms with Gasteiger partial charge in [0.15, 0.2) is 5.78 Å². The number of rotatable bonds is 4. The van der Waals surface area contributed by atoms with E-state index in [1.165, 1.54) is 24.3 Å². The van der Waals surface area contributed by atoms with Gasteiger partial charge >= 0.3 is 5.97 Å². The molecule has 2 saturated heterocycles. The Kier molecular flexibility index (Phi) is 7.49. The second-order valence-corrected chi connectivity index (χ2v) is 12.1. The van der Waals surface area contributed by atoms with Crippen LogP contribution in [-0.4, -0.2) is 34.9 Å². The SMILES string of the molecule is CC(C)(C)OC(=O)C1NC(c2ccccc2)C2(CSC/C(=C\c3ccc(F)cc3)C2=O)C1c1ccc(F)cc1. The van der Waals surface area contributed by atoms with E-state index in [0.29, 0.717) is 22.6 Å². The molecule has 7 heteroatoms. The molecule has 0 radical (unpaired) electrons. The van der Waals surface area contributed by atoms with Crippen LogP contribution in [0.1, 0.15) is 49.4 Å². The summed E-state index contributed by atoms with van der Waals surface area (Å²) in [5.41, 5.74) is 1.10. The minimum Gasteiger partial charge on any atom is -0.459 e. The zero-order valence-electron chi connectivity index (χ0n) is 22.1. The Morgan fingerprint density at radius 2 is 1.56 bits per heavy atom. The summed E-state index contributed by atoms with van der Waals surface area (Å²) in [4.78, 5) is 28.4. The predicted molar refractivity (Wildman–Crippen MR) is 150 cm³/mol. The molecule has 2 fully saturated rings. The monoisotopic (exact) mass is 547 g/mol. The van der Waals surface area contributed by atoms with Crippen LogP contribution in [0.25, 0.3) is 6.08 Å². The third kappa shape index (κ3) is 5.43. The van der Waals surface area contributed by atoms with Gasteiger partial charge < -0.3 is 4.74 Å². The first-order valence-corrected chi connectivity index (χ1v) is 14.1. The van der Waals surface area contributed by atoms with Crippen LogP contribution in [-0.2, 0) is 14.3 Å². The maximum absolute atomic E-state index is 14.7. The Bertz CT molecular complexity index is 1380. The first-order chi connectivity index (χ1) is 18.6. The summed E-state index contributed by atoms with van der Waals surface area (Å²) in [6, 6.07) is 20.4. The number of nitrogens with one attached hydrogen (secondary N) is 1. The fourth-order valence-electron chi connectivity index (χ4n) is 5.74. The first kappa shape index (κ1) is 27.3. The third-order valence-corrected chi connectivity index (χ3v) is 8.49. The molecule has 1 N–H and O–H groups in total. The van der Waals surface area contributed by atoms with E-state index in [2.05, 4.69) is 5.32 Å². The highest BCUT2D eigenvalue weighted by Gasteiger charge is 2.63. The molecular weight excluding hydrogens is 516 g/mol. The lowest BCUT2D eigenvalue weighted by Crippen LogP contribution is -2.47. The number of hydrogen-bond donors (Lipinski definition) is 1. The summed E-state index contributed by atoms with van der Waals surface area (Å²) in [5.74, 6) is -0.940. The average molecular weight is 548 g/mol. The number of hydrogen-bond acceptors (Lipinski definition) is 5. The molecular formula is C32H31F2NO3S. The van der Waals surface area contributed by atoms with Gasteiger partial charge in [-0.2, -0.15) is 11.8 Å². The van der Waals surface area contributed by atoms with E-state index in [0.717, 1.165) is 11.1 Å². The zero-order valence-corrected chi connectivity index (χ0v) is 22.9. The summed E-state index contributed by atoms with van der Waals surface area (Å²) in [6.07, 6.45) is 1.81. The standard InChI is InChI=1S/C32H31F2NO3S/c1-31(2,3)38-30(37)27-26(21-11-15-25(34)16-12-21)32(28(35-27)22-7-5-4-6-8-22)19-39-18-23(29(32)36)17-20-9-13-24(33)14-10-20/h4-17,26-28,35H,18-19H2,1-3H3/b23-17+. The fraction of sp³-hybridized carbons (Fsp3) is 0.312. The molecule has 1 spiro atoms. The molecule has 0 aromatic heterocycles. The van der Waals surface area contributed by atoms with Crippen molar-refractivity contribution in [1.82, 2.24) is 5.32 Å². The lowest BCUT2D eigenvalue weighted by Gasteiger charge is -2.42. The summed E-state index contributed by atoms with van der Waals surface area (Å²) in [7, 11) is 0. The number of ether oxygens (including phenoxy) is 1. The lowest BCUT2D eigenvalue weighted by atomic mass is 9.64. The van der Waals surface area contributed by atoms with Crippen LogP contribution in [0.5, 0.6) is 0 Å². The van der Waals surface area contributed by atoms with Crippen LogP contribution in [0.2, 0.25) is 0 Å². The Balaban J connectivity index is 1.69. The average Bonchev–Trinajstić information content (AvgIpc) is 3.24. The molecule has 39 heavy (non-hydrogen) atoms. The second kappa shape index (κ2) is 10.7. The largest absolute Gasteiger partial charge is 0.459 e. The van der Waals surface area contributed by atoms with Crippen molar-refractivity contribution in [3.63, 3.8) is 0 Å². The van der Waals surface area contributed by atoms with Gasteiger partial charge in [-0.15, -0.1) is 0 Å². The van der Waals surface area contributed by atoms with E-state index >= 15 is 0 Å². The predicted octanol–water partition coefficient (Wildman–Crippen LogP) is 6.49. The molecule has 2 heterocycles. The highest BCUT2D eigenvalue weighted by Crippen LogP contribution is 2.58. The van der Waals surface area contributed by atoms with Crippen LogP contribution in [0.3, 0.4) is 0 Å². The van der Waals surface area contributed by atoms with Crippen molar-refractivity contribution >= 4 is 29.6 Å². The van der Waals surface area contributed by atoms with Crippen LogP contribution < -0.4 is 5.32 Å². The topological polar surface area (TPSA) is 55.4 Å². The molecule has 2 aliphatic rings. The lowest BCUT2D eigenvalue weighted by molar-refractivity contribution is -0.157. The number of carbonyl (C=O) groups is 2. The van der Waals surface area contributed by atoms with Gasteiger partial charge in [0.25, 0.3) is 0 Å². The smallest absolute Gasteiger partial charge is 0.324 e. The van der Waals surface area contributed by atoms with Gasteiger partial charge in [-0.25, -0.2) is 8.78 Å². The van der Waals surface area contributed by atoms with Crippen LogP contribution >= 0.6 is 11.8 Å². The fourth-order valence-corrected chi connectivity index (χ4v) is 7.09.